The third kappa shape index (κ3) is 4.47. The molecule has 0 saturated carbocycles. The fourth-order valence-electron chi connectivity index (χ4n) is 1.68. The van der Waals surface area contributed by atoms with Crippen LogP contribution in [0.1, 0.15) is 5.56 Å². The molecular weight excluding hydrogens is 323 g/mol. The highest BCUT2D eigenvalue weighted by atomic mass is 32.2. The molecule has 5 nitrogen and oxygen atoms in total. The molecule has 0 saturated heterocycles. The number of nitrogen functional groups attached to an aromatic ring is 1. The van der Waals surface area contributed by atoms with Crippen LogP contribution in [0.15, 0.2) is 51.8 Å². The van der Waals surface area contributed by atoms with Crippen molar-refractivity contribution < 1.29 is 8.60 Å². The van der Waals surface area contributed by atoms with Crippen LogP contribution in [0.5, 0.6) is 0 Å². The molecule has 0 aliphatic carbocycles. The zero-order valence-electron chi connectivity index (χ0n) is 11.7. The molecule has 8 heteroatoms. The number of anilines is 2. The van der Waals surface area contributed by atoms with Gasteiger partial charge in [-0.15, -0.1) is 0 Å². The van der Waals surface area contributed by atoms with Crippen LogP contribution in [0, 0.1) is 5.82 Å². The molecule has 5 N–H and O–H groups in total. The maximum atomic E-state index is 13.1. The van der Waals surface area contributed by atoms with Crippen molar-refractivity contribution in [1.82, 2.24) is 0 Å². The normalized spacial score (nSPS) is 12.9. The fraction of sp³-hybridized carbons (Fsp3) is 0.0714. The molecule has 0 aromatic heterocycles. The van der Waals surface area contributed by atoms with Crippen LogP contribution in [-0.2, 0) is 11.0 Å². The van der Waals surface area contributed by atoms with Gasteiger partial charge in [-0.2, -0.15) is 4.40 Å². The summed E-state index contributed by atoms with van der Waals surface area (Å²) in [6, 6.07) is 11.4. The molecule has 0 radical (unpaired) electrons. The average molecular weight is 338 g/mol. The molecule has 116 valence electrons. The van der Waals surface area contributed by atoms with E-state index in [9.17, 15) is 8.60 Å². The summed E-state index contributed by atoms with van der Waals surface area (Å²) in [5.74, 6) is -0.190. The predicted octanol–water partition coefficient (Wildman–Crippen LogP) is 2.53. The minimum absolute atomic E-state index is 0.109. The van der Waals surface area contributed by atoms with Crippen molar-refractivity contribution in [1.29, 1.82) is 0 Å². The van der Waals surface area contributed by atoms with Gasteiger partial charge in [-0.05, 0) is 48.3 Å². The van der Waals surface area contributed by atoms with Gasteiger partial charge in [-0.25, -0.2) is 8.60 Å². The van der Waals surface area contributed by atoms with Crippen LogP contribution in [0.3, 0.4) is 0 Å². The van der Waals surface area contributed by atoms with E-state index in [0.29, 0.717) is 11.3 Å². The zero-order valence-corrected chi connectivity index (χ0v) is 13.4. The Balaban J connectivity index is 2.17. The molecule has 2 aromatic rings. The van der Waals surface area contributed by atoms with Gasteiger partial charge in [0.25, 0.3) is 0 Å². The van der Waals surface area contributed by atoms with E-state index in [0.717, 1.165) is 10.6 Å². The molecule has 1 atom stereocenters. The summed E-state index contributed by atoms with van der Waals surface area (Å²) in [5, 5.41) is 0. The van der Waals surface area contributed by atoms with Crippen molar-refractivity contribution >= 4 is 40.1 Å². The second-order valence-electron chi connectivity index (χ2n) is 4.36. The van der Waals surface area contributed by atoms with Gasteiger partial charge in [0.05, 0.1) is 0 Å². The Morgan fingerprint density at radius 1 is 1.32 bits per heavy atom. The molecule has 2 aromatic carbocycles. The summed E-state index contributed by atoms with van der Waals surface area (Å²) < 4.78 is 31.1. The van der Waals surface area contributed by atoms with Gasteiger partial charge < -0.3 is 16.2 Å². The second-order valence-corrected chi connectivity index (χ2v) is 6.27. The van der Waals surface area contributed by atoms with Crippen LogP contribution >= 0.6 is 11.9 Å². The Morgan fingerprint density at radius 2 is 2.09 bits per heavy atom. The summed E-state index contributed by atoms with van der Waals surface area (Å²) in [4.78, 5) is 0.731. The van der Waals surface area contributed by atoms with Gasteiger partial charge in [0.2, 0.25) is 0 Å². The lowest BCUT2D eigenvalue weighted by Gasteiger charge is -2.10. The van der Waals surface area contributed by atoms with Crippen LogP contribution in [0.2, 0.25) is 0 Å². The Hall–Kier alpha value is -2.06. The lowest BCUT2D eigenvalue weighted by atomic mass is 10.1. The molecule has 0 spiro atoms. The lowest BCUT2D eigenvalue weighted by molar-refractivity contribution is 0.624. The number of benzene rings is 2. The van der Waals surface area contributed by atoms with E-state index >= 15 is 0 Å². The topological polar surface area (TPSA) is 93.5 Å². The SMILES string of the molecule is CS(=O)/N=C(\N)c1cc(NSc2cccc(F)c2)ccc1N. The summed E-state index contributed by atoms with van der Waals surface area (Å²) in [5.41, 5.74) is 13.3. The average Bonchev–Trinajstić information content (AvgIpc) is 2.45. The minimum atomic E-state index is -1.41. The maximum Gasteiger partial charge on any atom is 0.143 e. The number of nitrogens with two attached hydrogens (primary N) is 2. The molecule has 22 heavy (non-hydrogen) atoms. The van der Waals surface area contributed by atoms with Gasteiger partial charge in [0.1, 0.15) is 22.6 Å². The van der Waals surface area contributed by atoms with Gasteiger partial charge in [-0.3, -0.25) is 0 Å². The van der Waals surface area contributed by atoms with Crippen molar-refractivity contribution in [3.63, 3.8) is 0 Å². The Labute approximate surface area is 134 Å². The molecule has 0 aliphatic rings. The molecule has 0 aliphatic heterocycles. The van der Waals surface area contributed by atoms with Gasteiger partial charge in [0.15, 0.2) is 0 Å². The summed E-state index contributed by atoms with van der Waals surface area (Å²) in [7, 11) is -1.41. The molecular formula is C14H15FN4OS2. The van der Waals surface area contributed by atoms with E-state index < -0.39 is 11.0 Å². The van der Waals surface area contributed by atoms with E-state index in [1.165, 1.54) is 30.3 Å². The first-order valence-electron chi connectivity index (χ1n) is 6.22. The third-order valence-electron chi connectivity index (χ3n) is 2.64. The van der Waals surface area contributed by atoms with Crippen LogP contribution in [0.25, 0.3) is 0 Å². The van der Waals surface area contributed by atoms with Crippen LogP contribution in [-0.4, -0.2) is 16.3 Å². The van der Waals surface area contributed by atoms with Crippen LogP contribution in [0.4, 0.5) is 15.8 Å². The summed E-state index contributed by atoms with van der Waals surface area (Å²) in [6.45, 7) is 0. The maximum absolute atomic E-state index is 13.1. The van der Waals surface area contributed by atoms with Crippen molar-refractivity contribution in [2.24, 2.45) is 10.1 Å². The highest BCUT2D eigenvalue weighted by Gasteiger charge is 2.07. The van der Waals surface area contributed by atoms with Crippen molar-refractivity contribution in [2.45, 2.75) is 4.90 Å². The standard InChI is InChI=1S/C14H15FN4OS2/c1-22(20)19-14(17)12-8-10(5-6-13(12)16)18-21-11-4-2-3-9(15)7-11/h2-8,18H,16H2,1H3,(H2,17,19). The molecule has 2 rings (SSSR count). The molecule has 0 bridgehead atoms. The third-order valence-corrected chi connectivity index (χ3v) is 3.92. The Bertz CT molecular complexity index is 737. The number of nitrogens with one attached hydrogen (secondary N) is 1. The molecule has 0 fully saturated rings. The summed E-state index contributed by atoms with van der Waals surface area (Å²) in [6.07, 6.45) is 1.42. The highest BCUT2D eigenvalue weighted by Crippen LogP contribution is 2.24. The number of nitrogens with zero attached hydrogens (tertiary/aromatic N) is 1. The van der Waals surface area contributed by atoms with Gasteiger partial charge in [0, 0.05) is 28.1 Å². The van der Waals surface area contributed by atoms with Crippen LogP contribution < -0.4 is 16.2 Å². The second kappa shape index (κ2) is 7.28. The van der Waals surface area contributed by atoms with Crippen molar-refractivity contribution in [3.8, 4) is 0 Å². The van der Waals surface area contributed by atoms with E-state index in [2.05, 4.69) is 9.12 Å². The lowest BCUT2D eigenvalue weighted by Crippen LogP contribution is -2.16. The minimum Gasteiger partial charge on any atom is -0.398 e. The first kappa shape index (κ1) is 16.3. The number of hydrogen-bond acceptors (Lipinski definition) is 4. The number of rotatable bonds is 5. The molecule has 1 unspecified atom stereocenters. The zero-order chi connectivity index (χ0) is 16.1. The number of amidine groups is 1. The Morgan fingerprint density at radius 3 is 2.77 bits per heavy atom. The highest BCUT2D eigenvalue weighted by molar-refractivity contribution is 8.00. The monoisotopic (exact) mass is 338 g/mol. The van der Waals surface area contributed by atoms with E-state index in [1.807, 2.05) is 0 Å². The van der Waals surface area contributed by atoms with Gasteiger partial charge in [-0.1, -0.05) is 6.07 Å². The largest absolute Gasteiger partial charge is 0.398 e. The molecule has 0 amide bonds. The smallest absolute Gasteiger partial charge is 0.143 e. The first-order valence-corrected chi connectivity index (χ1v) is 8.55. The number of hydrogen-bond donors (Lipinski definition) is 3. The summed E-state index contributed by atoms with van der Waals surface area (Å²) >= 11 is 1.26. The van der Waals surface area contributed by atoms with E-state index in [4.69, 9.17) is 11.5 Å². The molecule has 0 heterocycles. The van der Waals surface area contributed by atoms with Gasteiger partial charge >= 0.3 is 0 Å². The predicted molar refractivity (Wildman–Crippen MR) is 91.5 cm³/mol. The first-order chi connectivity index (χ1) is 10.5. The Kier molecular flexibility index (Phi) is 5.40. The van der Waals surface area contributed by atoms with Crippen molar-refractivity contribution in [2.75, 3.05) is 16.7 Å². The van der Waals surface area contributed by atoms with E-state index in [-0.39, 0.29) is 11.7 Å². The van der Waals surface area contributed by atoms with Crippen molar-refractivity contribution in [3.05, 3.63) is 53.8 Å². The van der Waals surface area contributed by atoms with E-state index in [1.54, 1.807) is 30.3 Å². The quantitative estimate of drug-likeness (QED) is 0.337. The number of halogens is 1. The fourth-order valence-corrected chi connectivity index (χ4v) is 2.73.